The lowest BCUT2D eigenvalue weighted by molar-refractivity contribution is 0.0928. The number of carbonyl (C=O) groups excluding carboxylic acids is 2. The molecular formula is C17H20O3S. The molecule has 1 heterocycles. The third-order valence-corrected chi connectivity index (χ3v) is 5.57. The van der Waals surface area contributed by atoms with E-state index in [1.165, 1.54) is 43.4 Å². The number of hydrogen-bond acceptors (Lipinski definition) is 4. The summed E-state index contributed by atoms with van der Waals surface area (Å²) in [5, 5.41) is 11.8. The summed E-state index contributed by atoms with van der Waals surface area (Å²) in [6.07, 6.45) is 9.03. The number of fused-ring (bicyclic) bond motifs is 1. The van der Waals surface area contributed by atoms with Gasteiger partial charge in [-0.1, -0.05) is 38.5 Å². The molecule has 0 radical (unpaired) electrons. The molecule has 3 rings (SSSR count). The summed E-state index contributed by atoms with van der Waals surface area (Å²) < 4.78 is 0. The number of Topliss-reactive ketones (excluding diaryl/α,β-unsaturated/α-hetero) is 2. The van der Waals surface area contributed by atoms with Gasteiger partial charge in [0.2, 0.25) is 11.6 Å². The van der Waals surface area contributed by atoms with Crippen LogP contribution in [0.25, 0.3) is 0 Å². The van der Waals surface area contributed by atoms with E-state index in [0.717, 1.165) is 18.8 Å². The van der Waals surface area contributed by atoms with Crippen molar-refractivity contribution in [3.05, 3.63) is 33.2 Å². The predicted octanol–water partition coefficient (Wildman–Crippen LogP) is 4.69. The molecule has 0 bridgehead atoms. The molecule has 1 aromatic heterocycles. The molecule has 4 heteroatoms. The molecule has 21 heavy (non-hydrogen) atoms. The van der Waals surface area contributed by atoms with Crippen LogP contribution < -0.4 is 0 Å². The number of thiophene rings is 1. The van der Waals surface area contributed by atoms with Crippen LogP contribution in [-0.4, -0.2) is 16.7 Å². The lowest BCUT2D eigenvalue weighted by Gasteiger charge is -2.22. The second-order valence-electron chi connectivity index (χ2n) is 6.05. The summed E-state index contributed by atoms with van der Waals surface area (Å²) in [6.45, 7) is 0. The molecule has 0 atom stereocenters. The molecule has 1 N–H and O–H groups in total. The Kier molecular flexibility index (Phi) is 4.24. The molecule has 0 saturated heterocycles. The predicted molar refractivity (Wildman–Crippen MR) is 83.1 cm³/mol. The molecule has 2 aliphatic rings. The molecule has 0 spiro atoms. The van der Waals surface area contributed by atoms with E-state index in [9.17, 15) is 14.7 Å². The van der Waals surface area contributed by atoms with Crippen molar-refractivity contribution >= 4 is 22.9 Å². The molecule has 0 aliphatic heterocycles. The SMILES string of the molecule is O=C1C(O)=C(CCCC2CCCCC2)C(=O)c2sccc21. The summed E-state index contributed by atoms with van der Waals surface area (Å²) >= 11 is 1.29. The highest BCUT2D eigenvalue weighted by atomic mass is 32.1. The van der Waals surface area contributed by atoms with Crippen molar-refractivity contribution in [3.8, 4) is 0 Å². The van der Waals surface area contributed by atoms with Crippen molar-refractivity contribution in [2.24, 2.45) is 5.92 Å². The van der Waals surface area contributed by atoms with E-state index in [1.807, 2.05) is 0 Å². The Morgan fingerprint density at radius 3 is 2.67 bits per heavy atom. The van der Waals surface area contributed by atoms with E-state index >= 15 is 0 Å². The zero-order valence-corrected chi connectivity index (χ0v) is 12.9. The van der Waals surface area contributed by atoms with Crippen LogP contribution in [0, 0.1) is 5.92 Å². The minimum absolute atomic E-state index is 0.152. The fourth-order valence-corrected chi connectivity index (χ4v) is 4.31. The number of allylic oxidation sites excluding steroid dienone is 2. The fraction of sp³-hybridized carbons (Fsp3) is 0.529. The molecular weight excluding hydrogens is 284 g/mol. The maximum Gasteiger partial charge on any atom is 0.229 e. The number of aliphatic hydroxyl groups excluding tert-OH is 1. The van der Waals surface area contributed by atoms with Gasteiger partial charge in [0.15, 0.2) is 5.76 Å². The van der Waals surface area contributed by atoms with Gasteiger partial charge in [0, 0.05) is 11.1 Å². The van der Waals surface area contributed by atoms with E-state index in [0.29, 0.717) is 22.4 Å². The van der Waals surface area contributed by atoms with Gasteiger partial charge in [0.1, 0.15) is 0 Å². The molecule has 1 fully saturated rings. The van der Waals surface area contributed by atoms with Gasteiger partial charge in [-0.25, -0.2) is 0 Å². The lowest BCUT2D eigenvalue weighted by Crippen LogP contribution is -2.20. The normalized spacial score (nSPS) is 20.0. The van der Waals surface area contributed by atoms with Gasteiger partial charge in [-0.05, 0) is 30.2 Å². The highest BCUT2D eigenvalue weighted by Crippen LogP contribution is 2.33. The summed E-state index contributed by atoms with van der Waals surface area (Å²) in [6, 6.07) is 1.62. The maximum absolute atomic E-state index is 12.4. The van der Waals surface area contributed by atoms with Crippen LogP contribution in [0.3, 0.4) is 0 Å². The molecule has 1 saturated carbocycles. The quantitative estimate of drug-likeness (QED) is 0.878. The van der Waals surface area contributed by atoms with E-state index in [1.54, 1.807) is 11.4 Å². The van der Waals surface area contributed by atoms with E-state index in [4.69, 9.17) is 0 Å². The Morgan fingerprint density at radius 1 is 1.14 bits per heavy atom. The highest BCUT2D eigenvalue weighted by Gasteiger charge is 2.32. The lowest BCUT2D eigenvalue weighted by atomic mass is 9.84. The van der Waals surface area contributed by atoms with Gasteiger partial charge in [-0.3, -0.25) is 9.59 Å². The smallest absolute Gasteiger partial charge is 0.229 e. The Bertz CT molecular complexity index is 591. The van der Waals surface area contributed by atoms with E-state index < -0.39 is 5.78 Å². The first kappa shape index (κ1) is 14.5. The van der Waals surface area contributed by atoms with Gasteiger partial charge in [-0.2, -0.15) is 0 Å². The monoisotopic (exact) mass is 304 g/mol. The van der Waals surface area contributed by atoms with Crippen molar-refractivity contribution in [1.82, 2.24) is 0 Å². The average Bonchev–Trinajstić information content (AvgIpc) is 2.99. The van der Waals surface area contributed by atoms with Crippen LogP contribution in [0.4, 0.5) is 0 Å². The van der Waals surface area contributed by atoms with Crippen LogP contribution in [0.1, 0.15) is 71.4 Å². The molecule has 3 nitrogen and oxygen atoms in total. The first-order chi connectivity index (χ1) is 10.2. The molecule has 0 unspecified atom stereocenters. The summed E-state index contributed by atoms with van der Waals surface area (Å²) in [4.78, 5) is 24.9. The van der Waals surface area contributed by atoms with Crippen LogP contribution >= 0.6 is 11.3 Å². The molecule has 0 amide bonds. The van der Waals surface area contributed by atoms with Crippen LogP contribution in [0.5, 0.6) is 0 Å². The van der Waals surface area contributed by atoms with Crippen molar-refractivity contribution < 1.29 is 14.7 Å². The summed E-state index contributed by atoms with van der Waals surface area (Å²) in [5.41, 5.74) is 0.685. The van der Waals surface area contributed by atoms with Crippen molar-refractivity contribution in [2.45, 2.75) is 51.4 Å². The van der Waals surface area contributed by atoms with Gasteiger partial charge in [-0.15, -0.1) is 11.3 Å². The maximum atomic E-state index is 12.4. The first-order valence-corrected chi connectivity index (χ1v) is 8.65. The largest absolute Gasteiger partial charge is 0.504 e. The third-order valence-electron chi connectivity index (χ3n) is 4.65. The molecule has 1 aromatic rings. The number of rotatable bonds is 4. The minimum atomic E-state index is -0.390. The molecule has 2 aliphatic carbocycles. The number of carbonyl (C=O) groups is 2. The summed E-state index contributed by atoms with van der Waals surface area (Å²) in [5.74, 6) is -0.109. The second kappa shape index (κ2) is 6.14. The van der Waals surface area contributed by atoms with Crippen molar-refractivity contribution in [1.29, 1.82) is 0 Å². The first-order valence-electron chi connectivity index (χ1n) is 7.77. The second-order valence-corrected chi connectivity index (χ2v) is 6.96. The van der Waals surface area contributed by atoms with E-state index in [-0.39, 0.29) is 11.5 Å². The molecule has 112 valence electrons. The van der Waals surface area contributed by atoms with Crippen LogP contribution in [0.15, 0.2) is 22.8 Å². The van der Waals surface area contributed by atoms with Crippen molar-refractivity contribution in [3.63, 3.8) is 0 Å². The standard InChI is InChI=1S/C17H20O3S/c18-14-12(8-4-7-11-5-2-1-3-6-11)16(20)17-13(15(14)19)9-10-21-17/h9-11,18H,1-8H2. The van der Waals surface area contributed by atoms with Gasteiger partial charge >= 0.3 is 0 Å². The number of aliphatic hydroxyl groups is 1. The Morgan fingerprint density at radius 2 is 1.90 bits per heavy atom. The molecule has 0 aromatic carbocycles. The Labute approximate surface area is 128 Å². The fourth-order valence-electron chi connectivity index (χ4n) is 3.45. The van der Waals surface area contributed by atoms with Crippen LogP contribution in [0.2, 0.25) is 0 Å². The number of hydrogen-bond donors (Lipinski definition) is 1. The Balaban J connectivity index is 1.65. The Hall–Kier alpha value is -1.42. The average molecular weight is 304 g/mol. The van der Waals surface area contributed by atoms with Gasteiger partial charge in [0.05, 0.1) is 4.88 Å². The summed E-state index contributed by atoms with van der Waals surface area (Å²) in [7, 11) is 0. The highest BCUT2D eigenvalue weighted by molar-refractivity contribution is 7.12. The minimum Gasteiger partial charge on any atom is -0.504 e. The van der Waals surface area contributed by atoms with Gasteiger partial charge in [0.25, 0.3) is 0 Å². The van der Waals surface area contributed by atoms with Crippen LogP contribution in [-0.2, 0) is 0 Å². The topological polar surface area (TPSA) is 54.4 Å². The number of ketones is 2. The zero-order valence-electron chi connectivity index (χ0n) is 12.1. The van der Waals surface area contributed by atoms with E-state index in [2.05, 4.69) is 0 Å². The zero-order chi connectivity index (χ0) is 14.8. The van der Waals surface area contributed by atoms with Gasteiger partial charge < -0.3 is 5.11 Å². The van der Waals surface area contributed by atoms with Crippen molar-refractivity contribution in [2.75, 3.05) is 0 Å². The third kappa shape index (κ3) is 2.82.